The predicted molar refractivity (Wildman–Crippen MR) is 257 cm³/mol. The van der Waals surface area contributed by atoms with E-state index in [4.69, 9.17) is 16.2 Å². The molecule has 2 heterocycles. The molecule has 7 rings (SSSR count). The number of carbonyl (C=O) groups excluding carboxylic acids is 6. The van der Waals surface area contributed by atoms with Crippen LogP contribution >= 0.6 is 0 Å². The highest BCUT2D eigenvalue weighted by Crippen LogP contribution is 2.31. The van der Waals surface area contributed by atoms with Gasteiger partial charge in [-0.2, -0.15) is 0 Å². The molecule has 7 N–H and O–H groups in total. The van der Waals surface area contributed by atoms with Gasteiger partial charge in [-0.25, -0.2) is 4.39 Å². The first kappa shape index (κ1) is 48.5. The molecular weight excluding hydrogens is 870 g/mol. The van der Waals surface area contributed by atoms with E-state index in [1.165, 1.54) is 12.1 Å². The Bertz CT molecular complexity index is 2570. The number of aryl methyl sites for hydroxylation is 1. The van der Waals surface area contributed by atoms with E-state index in [1.807, 2.05) is 52.7 Å². The lowest BCUT2D eigenvalue weighted by Crippen LogP contribution is -2.49. The van der Waals surface area contributed by atoms with Crippen molar-refractivity contribution in [2.75, 3.05) is 49.5 Å². The minimum atomic E-state index is -0.729. The fourth-order valence-corrected chi connectivity index (χ4v) is 9.05. The number of para-hydroxylation sites is 1. The molecule has 0 spiro atoms. The zero-order valence-corrected chi connectivity index (χ0v) is 38.3. The third-order valence-electron chi connectivity index (χ3n) is 12.9. The molecule has 1 aliphatic carbocycles. The monoisotopic (exact) mass is 927 g/mol. The second kappa shape index (κ2) is 22.4. The van der Waals surface area contributed by atoms with Gasteiger partial charge in [0.15, 0.2) is 0 Å². The second-order valence-electron chi connectivity index (χ2n) is 17.6. The van der Waals surface area contributed by atoms with Crippen molar-refractivity contribution in [1.29, 1.82) is 0 Å². The fourth-order valence-electron chi connectivity index (χ4n) is 9.05. The Morgan fingerprint density at radius 3 is 2.28 bits per heavy atom. The van der Waals surface area contributed by atoms with Crippen molar-refractivity contribution in [3.05, 3.63) is 124 Å². The summed E-state index contributed by atoms with van der Waals surface area (Å²) in [5, 5.41) is 8.54. The number of halogens is 1. The van der Waals surface area contributed by atoms with Crippen molar-refractivity contribution in [2.24, 2.45) is 22.4 Å². The molecule has 3 aliphatic rings. The number of aliphatic imine (C=N–C) groups is 1. The normalized spacial score (nSPS) is 18.0. The molecule has 17 heteroatoms. The summed E-state index contributed by atoms with van der Waals surface area (Å²) in [5.41, 5.74) is 16.2. The van der Waals surface area contributed by atoms with Crippen LogP contribution in [0.2, 0.25) is 0 Å². The number of nitrogens with two attached hydrogens (primary N) is 2. The van der Waals surface area contributed by atoms with Crippen LogP contribution in [0.15, 0.2) is 95.5 Å². The van der Waals surface area contributed by atoms with Gasteiger partial charge in [-0.3, -0.25) is 48.9 Å². The summed E-state index contributed by atoms with van der Waals surface area (Å²) in [6.45, 7) is 7.02. The van der Waals surface area contributed by atoms with E-state index in [0.717, 1.165) is 42.7 Å². The van der Waals surface area contributed by atoms with Crippen LogP contribution in [-0.2, 0) is 25.6 Å². The zero-order valence-electron chi connectivity index (χ0n) is 38.3. The molecule has 4 aromatic rings. The number of primary amides is 1. The molecule has 4 aromatic carbocycles. The highest BCUT2D eigenvalue weighted by atomic mass is 19.1. The van der Waals surface area contributed by atoms with E-state index in [0.29, 0.717) is 91.0 Å². The van der Waals surface area contributed by atoms with Crippen LogP contribution in [0.4, 0.5) is 15.8 Å². The Balaban J connectivity index is 0.883. The maximum absolute atomic E-state index is 15.4. The zero-order chi connectivity index (χ0) is 48.3. The Hall–Kier alpha value is -7.40. The highest BCUT2D eigenvalue weighted by Gasteiger charge is 2.30. The number of imide groups is 2. The van der Waals surface area contributed by atoms with E-state index >= 15 is 4.39 Å². The Labute approximate surface area is 395 Å². The number of hydrogen-bond acceptors (Lipinski definition) is 12. The molecule has 356 valence electrons. The molecule has 0 radical (unpaired) electrons. The van der Waals surface area contributed by atoms with Crippen LogP contribution in [0.3, 0.4) is 0 Å². The fraction of sp³-hybridized carbons (Fsp3) is 0.353. The molecule has 0 bridgehead atoms. The molecule has 1 saturated carbocycles. The molecule has 1 atom stereocenters. The van der Waals surface area contributed by atoms with Crippen molar-refractivity contribution in [1.82, 2.24) is 20.4 Å². The summed E-state index contributed by atoms with van der Waals surface area (Å²) in [7, 11) is 0. The van der Waals surface area contributed by atoms with Crippen LogP contribution < -0.4 is 37.1 Å². The number of anilines is 2. The van der Waals surface area contributed by atoms with Crippen LogP contribution in [0.1, 0.15) is 82.9 Å². The van der Waals surface area contributed by atoms with Gasteiger partial charge < -0.3 is 31.7 Å². The second-order valence-corrected chi connectivity index (χ2v) is 17.6. The molecule has 0 aromatic heterocycles. The number of amidine groups is 1. The number of ether oxygens (including phenoxy) is 1. The number of amides is 6. The van der Waals surface area contributed by atoms with Gasteiger partial charge in [-0.05, 0) is 142 Å². The Morgan fingerprint density at radius 2 is 1.60 bits per heavy atom. The van der Waals surface area contributed by atoms with E-state index in [-0.39, 0.29) is 53.9 Å². The molecule has 68 heavy (non-hydrogen) atoms. The number of hydrogen-bond donors (Lipinski definition) is 5. The number of carbonyl (C=O) groups is 6. The predicted octanol–water partition coefficient (Wildman–Crippen LogP) is 5.30. The van der Waals surface area contributed by atoms with Gasteiger partial charge in [0.25, 0.3) is 17.7 Å². The molecule has 6 amide bonds. The van der Waals surface area contributed by atoms with Crippen molar-refractivity contribution in [3.63, 3.8) is 0 Å². The quantitative estimate of drug-likeness (QED) is 0.0676. The lowest BCUT2D eigenvalue weighted by molar-refractivity contribution is -0.126. The van der Waals surface area contributed by atoms with Crippen LogP contribution in [0.5, 0.6) is 11.5 Å². The van der Waals surface area contributed by atoms with Crippen molar-refractivity contribution < 1.29 is 37.9 Å². The summed E-state index contributed by atoms with van der Waals surface area (Å²) < 4.78 is 21.3. The third-order valence-corrected chi connectivity index (χ3v) is 12.9. The van der Waals surface area contributed by atoms with Gasteiger partial charge in [0.1, 0.15) is 28.7 Å². The van der Waals surface area contributed by atoms with Gasteiger partial charge >= 0.3 is 0 Å². The summed E-state index contributed by atoms with van der Waals surface area (Å²) >= 11 is 0. The van der Waals surface area contributed by atoms with Crippen molar-refractivity contribution >= 4 is 59.4 Å². The van der Waals surface area contributed by atoms with Crippen LogP contribution in [0, 0.1) is 18.7 Å². The molecule has 1 unspecified atom stereocenters. The topological polar surface area (TPSA) is 222 Å². The minimum Gasteiger partial charge on any atom is -0.457 e. The standard InChI is InChI=1S/C51H58FN9O7/c1-32-26-42(52)44(28-41(32)51(67)61(31-63)33(2)8-19-45(64)56-30-62)60-24-22-59(23-25-60)29-34-9-14-38(15-10-34)57-50(66)37-13-18-43-36(27-37)20-21-55-49(58-43)46(48(54)65)47(53)35-11-16-40(17-12-35)68-39-6-4-3-5-7-39/h3-7,11-13,16-18,26-28,30-31,33-34,38H,8-10,14-15,19-25,29,53H2,1-2H3,(H2,54,65)(H,55,58)(H,57,66)(H,56,62,64). The maximum Gasteiger partial charge on any atom is 0.260 e. The smallest absolute Gasteiger partial charge is 0.260 e. The molecule has 16 nitrogen and oxygen atoms in total. The number of benzene rings is 4. The van der Waals surface area contributed by atoms with Gasteiger partial charge in [0.05, 0.1) is 11.4 Å². The minimum absolute atomic E-state index is 0.0363. The molecular formula is C51H58FN9O7. The SMILES string of the molecule is Cc1cc(F)c(N2CCN(CC3CCC(NC(=O)c4ccc5c(c4)CCN=C(C(C(N)=O)=C(N)c4ccc(Oc6ccccc6)cc4)N5)CC3)CC2)cc1C(=O)N(C=O)C(C)CCC(=O)NC=O. The van der Waals surface area contributed by atoms with Crippen molar-refractivity contribution in [2.45, 2.75) is 70.9 Å². The van der Waals surface area contributed by atoms with Gasteiger partial charge in [-0.1, -0.05) is 18.2 Å². The van der Waals surface area contributed by atoms with E-state index < -0.39 is 29.6 Å². The first-order valence-corrected chi connectivity index (χ1v) is 23.0. The third kappa shape index (κ3) is 11.9. The molecule has 2 aliphatic heterocycles. The lowest BCUT2D eigenvalue weighted by atomic mass is 9.85. The number of piperazine rings is 1. The van der Waals surface area contributed by atoms with Crippen LogP contribution in [-0.4, -0.2) is 103 Å². The van der Waals surface area contributed by atoms with E-state index in [9.17, 15) is 28.8 Å². The van der Waals surface area contributed by atoms with Gasteiger partial charge in [0, 0.05) is 74.6 Å². The average molecular weight is 928 g/mol. The number of rotatable bonds is 17. The van der Waals surface area contributed by atoms with E-state index in [1.54, 1.807) is 44.2 Å². The van der Waals surface area contributed by atoms with Crippen LogP contribution in [0.25, 0.3) is 5.70 Å². The van der Waals surface area contributed by atoms with E-state index in [2.05, 4.69) is 20.5 Å². The summed E-state index contributed by atoms with van der Waals surface area (Å²) in [5.74, 6) is -0.426. The summed E-state index contributed by atoms with van der Waals surface area (Å²) in [4.78, 5) is 84.2. The first-order valence-electron chi connectivity index (χ1n) is 23.0. The largest absolute Gasteiger partial charge is 0.457 e. The summed E-state index contributed by atoms with van der Waals surface area (Å²) in [6, 6.07) is 24.1. The first-order chi connectivity index (χ1) is 32.8. The maximum atomic E-state index is 15.4. The lowest BCUT2D eigenvalue weighted by Gasteiger charge is -2.39. The van der Waals surface area contributed by atoms with Gasteiger partial charge in [-0.15, -0.1) is 0 Å². The van der Waals surface area contributed by atoms with Gasteiger partial charge in [0.2, 0.25) is 18.7 Å². The summed E-state index contributed by atoms with van der Waals surface area (Å²) in [6.07, 6.45) is 4.94. The Kier molecular flexibility index (Phi) is 16.0. The number of nitrogens with zero attached hydrogens (tertiary/aromatic N) is 4. The molecule has 1 saturated heterocycles. The average Bonchev–Trinajstić information content (AvgIpc) is 3.54. The number of fused-ring (bicyclic) bond motifs is 1. The Morgan fingerprint density at radius 1 is 0.912 bits per heavy atom. The number of nitrogens with one attached hydrogen (secondary N) is 3. The molecule has 2 fully saturated rings. The van der Waals surface area contributed by atoms with Crippen molar-refractivity contribution in [3.8, 4) is 11.5 Å². The highest BCUT2D eigenvalue weighted by molar-refractivity contribution is 6.29.